The molecule has 0 unspecified atom stereocenters. The van der Waals surface area contributed by atoms with E-state index in [2.05, 4.69) is 43.2 Å². The maximum Gasteiger partial charge on any atom is 0.258 e. The second-order valence-corrected chi connectivity index (χ2v) is 12.6. The first kappa shape index (κ1) is 26.2. The van der Waals surface area contributed by atoms with Gasteiger partial charge in [0, 0.05) is 21.6 Å². The zero-order valence-electron chi connectivity index (χ0n) is 21.4. The van der Waals surface area contributed by atoms with Gasteiger partial charge in [-0.3, -0.25) is 14.5 Å². The van der Waals surface area contributed by atoms with Crippen LogP contribution in [0.5, 0.6) is 0 Å². The first-order valence-electron chi connectivity index (χ1n) is 12.9. The molecule has 2 aromatic rings. The van der Waals surface area contributed by atoms with Crippen molar-refractivity contribution in [3.63, 3.8) is 0 Å². The van der Waals surface area contributed by atoms with Crippen molar-refractivity contribution < 1.29 is 9.59 Å². The Morgan fingerprint density at radius 1 is 1.11 bits per heavy atom. The van der Waals surface area contributed by atoms with E-state index in [1.165, 1.54) is 11.3 Å². The van der Waals surface area contributed by atoms with Crippen molar-refractivity contribution in [2.75, 3.05) is 23.7 Å². The number of piperidine rings is 1. The Bertz CT molecular complexity index is 1060. The summed E-state index contributed by atoms with van der Waals surface area (Å²) in [4.78, 5) is 30.2. The van der Waals surface area contributed by atoms with Gasteiger partial charge >= 0.3 is 0 Å². The lowest BCUT2D eigenvalue weighted by Crippen LogP contribution is -2.43. The van der Waals surface area contributed by atoms with Crippen LogP contribution < -0.4 is 10.6 Å². The van der Waals surface area contributed by atoms with Crippen molar-refractivity contribution in [1.82, 2.24) is 4.90 Å². The Morgan fingerprint density at radius 3 is 2.54 bits per heavy atom. The average molecular weight is 516 g/mol. The molecule has 1 aliphatic heterocycles. The molecular formula is C28H38ClN3O2S. The highest BCUT2D eigenvalue weighted by Crippen LogP contribution is 2.44. The summed E-state index contributed by atoms with van der Waals surface area (Å²) in [6.45, 7) is 10.4. The minimum Gasteiger partial charge on any atom is -0.322 e. The standard InChI is InChI=1S/C28H38ClN3O2S/c1-5-21-8-6-7-15-32(21)17-24(33)31-27-25(26(34)30-20-12-10-19(29)11-13-20)22-14-9-18(28(2,3)4)16-23(22)35-27/h10-13,18,21H,5-9,14-17H2,1-4H3,(H,30,34)(H,31,33)/t18-,21+/m1/s1. The highest BCUT2D eigenvalue weighted by molar-refractivity contribution is 7.17. The summed E-state index contributed by atoms with van der Waals surface area (Å²) in [5.74, 6) is 0.360. The zero-order chi connectivity index (χ0) is 25.2. The molecule has 7 heteroatoms. The van der Waals surface area contributed by atoms with Gasteiger partial charge in [0.1, 0.15) is 5.00 Å². The number of hydrogen-bond donors (Lipinski definition) is 2. The lowest BCUT2D eigenvalue weighted by atomic mass is 9.72. The monoisotopic (exact) mass is 515 g/mol. The molecule has 1 fully saturated rings. The summed E-state index contributed by atoms with van der Waals surface area (Å²) < 4.78 is 0. The van der Waals surface area contributed by atoms with Crippen molar-refractivity contribution in [3.8, 4) is 0 Å². The third kappa shape index (κ3) is 6.28. The van der Waals surface area contributed by atoms with Gasteiger partial charge in [-0.05, 0) is 86.2 Å². The van der Waals surface area contributed by atoms with E-state index < -0.39 is 0 Å². The van der Waals surface area contributed by atoms with Gasteiger partial charge in [-0.1, -0.05) is 45.7 Å². The molecule has 35 heavy (non-hydrogen) atoms. The lowest BCUT2D eigenvalue weighted by molar-refractivity contribution is -0.118. The number of anilines is 2. The van der Waals surface area contributed by atoms with E-state index in [9.17, 15) is 9.59 Å². The number of carbonyl (C=O) groups excluding carboxylic acids is 2. The fourth-order valence-corrected chi connectivity index (χ4v) is 6.93. The van der Waals surface area contributed by atoms with Gasteiger partial charge < -0.3 is 10.6 Å². The van der Waals surface area contributed by atoms with Crippen molar-refractivity contribution in [3.05, 3.63) is 45.3 Å². The summed E-state index contributed by atoms with van der Waals surface area (Å²) in [6, 6.07) is 7.59. The molecule has 2 heterocycles. The number of halogens is 1. The summed E-state index contributed by atoms with van der Waals surface area (Å²) in [7, 11) is 0. The second-order valence-electron chi connectivity index (χ2n) is 11.1. The van der Waals surface area contributed by atoms with E-state index in [1.807, 2.05) is 0 Å². The number of thiophene rings is 1. The van der Waals surface area contributed by atoms with Crippen LogP contribution in [-0.2, 0) is 17.6 Å². The molecule has 4 rings (SSSR count). The van der Waals surface area contributed by atoms with E-state index >= 15 is 0 Å². The first-order chi connectivity index (χ1) is 16.7. The molecule has 0 radical (unpaired) electrons. The lowest BCUT2D eigenvalue weighted by Gasteiger charge is -2.34. The number of carbonyl (C=O) groups is 2. The van der Waals surface area contributed by atoms with Gasteiger partial charge in [0.15, 0.2) is 0 Å². The molecule has 0 spiro atoms. The van der Waals surface area contributed by atoms with Crippen LogP contribution in [0.3, 0.4) is 0 Å². The highest BCUT2D eigenvalue weighted by atomic mass is 35.5. The normalized spacial score (nSPS) is 20.8. The van der Waals surface area contributed by atoms with Crippen LogP contribution in [0, 0.1) is 11.3 Å². The number of nitrogens with one attached hydrogen (secondary N) is 2. The summed E-state index contributed by atoms with van der Waals surface area (Å²) >= 11 is 7.60. The molecule has 0 bridgehead atoms. The number of fused-ring (bicyclic) bond motifs is 1. The quantitative estimate of drug-likeness (QED) is 0.435. The first-order valence-corrected chi connectivity index (χ1v) is 14.1. The van der Waals surface area contributed by atoms with Crippen LogP contribution in [0.4, 0.5) is 10.7 Å². The Morgan fingerprint density at radius 2 is 1.86 bits per heavy atom. The third-order valence-electron chi connectivity index (χ3n) is 7.64. The van der Waals surface area contributed by atoms with Crippen molar-refractivity contribution in [1.29, 1.82) is 0 Å². The topological polar surface area (TPSA) is 61.4 Å². The minimum absolute atomic E-state index is 0.0307. The van der Waals surface area contributed by atoms with E-state index in [4.69, 9.17) is 11.6 Å². The molecule has 2 aliphatic rings. The molecule has 190 valence electrons. The van der Waals surface area contributed by atoms with Crippen molar-refractivity contribution in [2.45, 2.75) is 78.7 Å². The van der Waals surface area contributed by atoms with E-state index in [0.29, 0.717) is 39.8 Å². The van der Waals surface area contributed by atoms with Gasteiger partial charge in [-0.25, -0.2) is 0 Å². The van der Waals surface area contributed by atoms with Crippen LogP contribution in [0.25, 0.3) is 0 Å². The molecule has 1 aliphatic carbocycles. The fourth-order valence-electron chi connectivity index (χ4n) is 5.46. The Balaban J connectivity index is 1.58. The molecule has 1 aromatic heterocycles. The molecular weight excluding hydrogens is 478 g/mol. The van der Waals surface area contributed by atoms with Crippen LogP contribution in [0.1, 0.15) is 80.6 Å². The molecule has 2 atom stereocenters. The van der Waals surface area contributed by atoms with Crippen LogP contribution in [0.15, 0.2) is 24.3 Å². The van der Waals surface area contributed by atoms with E-state index in [-0.39, 0.29) is 17.2 Å². The zero-order valence-corrected chi connectivity index (χ0v) is 23.0. The Kier molecular flexibility index (Phi) is 8.24. The maximum absolute atomic E-state index is 13.5. The molecule has 1 aromatic carbocycles. The van der Waals surface area contributed by atoms with Crippen molar-refractivity contribution in [2.24, 2.45) is 11.3 Å². The van der Waals surface area contributed by atoms with Gasteiger partial charge in [-0.2, -0.15) is 0 Å². The predicted molar refractivity (Wildman–Crippen MR) is 147 cm³/mol. The molecule has 1 saturated heterocycles. The van der Waals surface area contributed by atoms with Gasteiger partial charge in [-0.15, -0.1) is 11.3 Å². The SMILES string of the molecule is CC[C@H]1CCCCN1CC(=O)Nc1sc2c(c1C(=O)Nc1ccc(Cl)cc1)CC[C@@H](C(C)(C)C)C2. The molecule has 2 amide bonds. The predicted octanol–water partition coefficient (Wildman–Crippen LogP) is 7.01. The second kappa shape index (κ2) is 11.0. The number of hydrogen-bond acceptors (Lipinski definition) is 4. The van der Waals surface area contributed by atoms with Gasteiger partial charge in [0.25, 0.3) is 5.91 Å². The fraction of sp³-hybridized carbons (Fsp3) is 0.571. The van der Waals surface area contributed by atoms with Crippen LogP contribution in [-0.4, -0.2) is 35.8 Å². The largest absolute Gasteiger partial charge is 0.322 e. The highest BCUT2D eigenvalue weighted by Gasteiger charge is 2.34. The van der Waals surface area contributed by atoms with E-state index in [1.54, 1.807) is 35.6 Å². The summed E-state index contributed by atoms with van der Waals surface area (Å²) in [5.41, 5.74) is 2.63. The Labute approximate surface area is 218 Å². The third-order valence-corrected chi connectivity index (χ3v) is 9.06. The van der Waals surface area contributed by atoms with E-state index in [0.717, 1.165) is 50.6 Å². The number of nitrogens with zero attached hydrogens (tertiary/aromatic N) is 1. The van der Waals surface area contributed by atoms with Crippen molar-refractivity contribution >= 4 is 45.4 Å². The number of benzene rings is 1. The van der Waals surface area contributed by atoms with Gasteiger partial charge in [0.2, 0.25) is 5.91 Å². The summed E-state index contributed by atoms with van der Waals surface area (Å²) in [5, 5.41) is 7.48. The summed E-state index contributed by atoms with van der Waals surface area (Å²) in [6.07, 6.45) is 7.44. The molecule has 0 saturated carbocycles. The minimum atomic E-state index is -0.168. The van der Waals surface area contributed by atoms with Crippen LogP contribution in [0.2, 0.25) is 5.02 Å². The van der Waals surface area contributed by atoms with Gasteiger partial charge in [0.05, 0.1) is 12.1 Å². The average Bonchev–Trinajstić information content (AvgIpc) is 3.17. The molecule has 5 nitrogen and oxygen atoms in total. The number of rotatable bonds is 6. The Hall–Kier alpha value is -1.89. The van der Waals surface area contributed by atoms with Crippen LogP contribution >= 0.6 is 22.9 Å². The number of likely N-dealkylation sites (tertiary alicyclic amines) is 1. The molecule has 2 N–H and O–H groups in total. The maximum atomic E-state index is 13.5. The smallest absolute Gasteiger partial charge is 0.258 e. The number of amides is 2.